The molecule has 2 heterocycles. The molecule has 0 saturated carbocycles. The van der Waals surface area contributed by atoms with E-state index < -0.39 is 0 Å². The van der Waals surface area contributed by atoms with Gasteiger partial charge in [-0.1, -0.05) is 0 Å². The average Bonchev–Trinajstić information content (AvgIpc) is 2.57. The van der Waals surface area contributed by atoms with E-state index in [0.717, 1.165) is 12.8 Å². The van der Waals surface area contributed by atoms with Crippen LogP contribution in [-0.4, -0.2) is 60.2 Å². The molecule has 0 unspecified atom stereocenters. The van der Waals surface area contributed by atoms with E-state index in [-0.39, 0.29) is 30.8 Å². The molecular formula is C11H17N3O3. The van der Waals surface area contributed by atoms with Gasteiger partial charge in [0.25, 0.3) is 0 Å². The van der Waals surface area contributed by atoms with Gasteiger partial charge in [-0.05, 0) is 12.8 Å². The molecule has 0 aliphatic carbocycles. The van der Waals surface area contributed by atoms with Crippen LogP contribution in [0.5, 0.6) is 0 Å². The van der Waals surface area contributed by atoms with Gasteiger partial charge in [0.1, 0.15) is 0 Å². The van der Waals surface area contributed by atoms with E-state index in [9.17, 15) is 14.4 Å². The fourth-order valence-corrected chi connectivity index (χ4v) is 2.15. The number of nitrogens with one attached hydrogen (secondary N) is 1. The fraction of sp³-hybridized carbons (Fsp3) is 0.727. The lowest BCUT2D eigenvalue weighted by atomic mass is 10.3. The van der Waals surface area contributed by atoms with Gasteiger partial charge >= 0.3 is 0 Å². The van der Waals surface area contributed by atoms with Crippen molar-refractivity contribution in [3.8, 4) is 0 Å². The highest BCUT2D eigenvalue weighted by atomic mass is 16.2. The van der Waals surface area contributed by atoms with Gasteiger partial charge in [0, 0.05) is 26.1 Å². The van der Waals surface area contributed by atoms with Crippen LogP contribution in [-0.2, 0) is 14.4 Å². The highest BCUT2D eigenvalue weighted by molar-refractivity contribution is 5.89. The third kappa shape index (κ3) is 2.95. The number of amides is 3. The molecule has 2 saturated heterocycles. The Kier molecular flexibility index (Phi) is 3.61. The van der Waals surface area contributed by atoms with Gasteiger partial charge < -0.3 is 15.1 Å². The molecule has 17 heavy (non-hydrogen) atoms. The number of hydrogen-bond donors (Lipinski definition) is 1. The van der Waals surface area contributed by atoms with Crippen LogP contribution in [0.2, 0.25) is 0 Å². The lowest BCUT2D eigenvalue weighted by Gasteiger charge is -2.22. The molecule has 2 aliphatic heterocycles. The number of nitrogens with zero attached hydrogens (tertiary/aromatic N) is 2. The Morgan fingerprint density at radius 1 is 1.24 bits per heavy atom. The number of hydrogen-bond acceptors (Lipinski definition) is 3. The summed E-state index contributed by atoms with van der Waals surface area (Å²) in [5.74, 6) is -0.210. The largest absolute Gasteiger partial charge is 0.354 e. The van der Waals surface area contributed by atoms with E-state index in [0.29, 0.717) is 26.1 Å². The smallest absolute Gasteiger partial charge is 0.242 e. The Bertz CT molecular complexity index is 343. The SMILES string of the molecule is O=C1CN(C(=O)CN2CCCC2=O)CCCN1. The van der Waals surface area contributed by atoms with Gasteiger partial charge in [0.05, 0.1) is 13.1 Å². The third-order valence-corrected chi connectivity index (χ3v) is 3.11. The molecule has 0 spiro atoms. The first kappa shape index (κ1) is 11.9. The van der Waals surface area contributed by atoms with Gasteiger partial charge in [-0.2, -0.15) is 0 Å². The molecule has 94 valence electrons. The Hall–Kier alpha value is -1.59. The fourth-order valence-electron chi connectivity index (χ4n) is 2.15. The number of rotatable bonds is 2. The summed E-state index contributed by atoms with van der Waals surface area (Å²) < 4.78 is 0. The number of carbonyl (C=O) groups excluding carboxylic acids is 3. The first-order valence-electron chi connectivity index (χ1n) is 5.99. The maximum atomic E-state index is 12.0. The Morgan fingerprint density at radius 3 is 2.76 bits per heavy atom. The summed E-state index contributed by atoms with van der Waals surface area (Å²) in [6.07, 6.45) is 2.13. The van der Waals surface area contributed by atoms with E-state index in [1.165, 1.54) is 4.90 Å². The van der Waals surface area contributed by atoms with Crippen molar-refractivity contribution in [3.63, 3.8) is 0 Å². The predicted molar refractivity (Wildman–Crippen MR) is 60.0 cm³/mol. The van der Waals surface area contributed by atoms with Crippen molar-refractivity contribution in [1.82, 2.24) is 15.1 Å². The highest BCUT2D eigenvalue weighted by Crippen LogP contribution is 2.10. The molecule has 6 nitrogen and oxygen atoms in total. The topological polar surface area (TPSA) is 69.7 Å². The molecule has 1 N–H and O–H groups in total. The van der Waals surface area contributed by atoms with Crippen LogP contribution in [0.3, 0.4) is 0 Å². The van der Waals surface area contributed by atoms with Crippen LogP contribution < -0.4 is 5.32 Å². The maximum absolute atomic E-state index is 12.0. The summed E-state index contributed by atoms with van der Waals surface area (Å²) in [5.41, 5.74) is 0. The van der Waals surface area contributed by atoms with E-state index >= 15 is 0 Å². The molecule has 2 fully saturated rings. The molecule has 2 aliphatic rings. The van der Waals surface area contributed by atoms with Gasteiger partial charge in [-0.15, -0.1) is 0 Å². The molecule has 6 heteroatoms. The summed E-state index contributed by atoms with van der Waals surface area (Å²) in [6.45, 7) is 2.09. The summed E-state index contributed by atoms with van der Waals surface area (Å²) in [6, 6.07) is 0. The minimum atomic E-state index is -0.127. The number of carbonyl (C=O) groups is 3. The lowest BCUT2D eigenvalue weighted by molar-refractivity contribution is -0.139. The molecule has 0 radical (unpaired) electrons. The molecule has 2 rings (SSSR count). The maximum Gasteiger partial charge on any atom is 0.242 e. The van der Waals surface area contributed by atoms with Crippen molar-refractivity contribution in [3.05, 3.63) is 0 Å². The minimum Gasteiger partial charge on any atom is -0.354 e. The second-order valence-electron chi connectivity index (χ2n) is 4.44. The average molecular weight is 239 g/mol. The molecule has 0 aromatic heterocycles. The van der Waals surface area contributed by atoms with E-state index in [4.69, 9.17) is 0 Å². The summed E-state index contributed by atoms with van der Waals surface area (Å²) in [7, 11) is 0. The molecule has 3 amide bonds. The van der Waals surface area contributed by atoms with Crippen LogP contribution in [0.15, 0.2) is 0 Å². The summed E-state index contributed by atoms with van der Waals surface area (Å²) in [5, 5.41) is 2.72. The number of likely N-dealkylation sites (tertiary alicyclic amines) is 1. The second kappa shape index (κ2) is 5.16. The zero-order valence-corrected chi connectivity index (χ0v) is 9.78. The lowest BCUT2D eigenvalue weighted by Crippen LogP contribution is -2.43. The van der Waals surface area contributed by atoms with E-state index in [2.05, 4.69) is 5.32 Å². The van der Waals surface area contributed by atoms with Crippen molar-refractivity contribution in [2.75, 3.05) is 32.7 Å². The summed E-state index contributed by atoms with van der Waals surface area (Å²) in [4.78, 5) is 37.8. The van der Waals surface area contributed by atoms with Crippen LogP contribution >= 0.6 is 0 Å². The first-order valence-corrected chi connectivity index (χ1v) is 5.99. The molecule has 0 bridgehead atoms. The normalized spacial score (nSPS) is 21.4. The van der Waals surface area contributed by atoms with E-state index in [1.807, 2.05) is 0 Å². The van der Waals surface area contributed by atoms with Crippen LogP contribution in [0.1, 0.15) is 19.3 Å². The zero-order valence-electron chi connectivity index (χ0n) is 9.78. The van der Waals surface area contributed by atoms with E-state index in [1.54, 1.807) is 4.90 Å². The Balaban J connectivity index is 1.89. The monoisotopic (exact) mass is 239 g/mol. The van der Waals surface area contributed by atoms with Crippen molar-refractivity contribution < 1.29 is 14.4 Å². The quantitative estimate of drug-likeness (QED) is 0.669. The van der Waals surface area contributed by atoms with Gasteiger partial charge in [0.15, 0.2) is 0 Å². The molecule has 0 aromatic rings. The second-order valence-corrected chi connectivity index (χ2v) is 4.44. The Morgan fingerprint density at radius 2 is 2.06 bits per heavy atom. The first-order chi connectivity index (χ1) is 8.16. The zero-order chi connectivity index (χ0) is 12.3. The van der Waals surface area contributed by atoms with Crippen molar-refractivity contribution in [1.29, 1.82) is 0 Å². The standard InChI is InChI=1S/C11H17N3O3/c15-9-7-13(6-2-4-12-9)11(17)8-14-5-1-3-10(14)16/h1-8H2,(H,12,15). The van der Waals surface area contributed by atoms with Crippen molar-refractivity contribution in [2.24, 2.45) is 0 Å². The Labute approximate surface area is 99.9 Å². The summed E-state index contributed by atoms with van der Waals surface area (Å²) >= 11 is 0. The van der Waals surface area contributed by atoms with Gasteiger partial charge in [-0.3, -0.25) is 14.4 Å². The van der Waals surface area contributed by atoms with Crippen molar-refractivity contribution >= 4 is 17.7 Å². The van der Waals surface area contributed by atoms with Crippen LogP contribution in [0.4, 0.5) is 0 Å². The van der Waals surface area contributed by atoms with Crippen LogP contribution in [0, 0.1) is 0 Å². The van der Waals surface area contributed by atoms with Crippen LogP contribution in [0.25, 0.3) is 0 Å². The molecule has 0 atom stereocenters. The van der Waals surface area contributed by atoms with Crippen molar-refractivity contribution in [2.45, 2.75) is 19.3 Å². The third-order valence-electron chi connectivity index (χ3n) is 3.11. The highest BCUT2D eigenvalue weighted by Gasteiger charge is 2.26. The minimum absolute atomic E-state index is 0.0395. The molecular weight excluding hydrogens is 222 g/mol. The van der Waals surface area contributed by atoms with Gasteiger partial charge in [-0.25, -0.2) is 0 Å². The molecule has 0 aromatic carbocycles. The predicted octanol–water partition coefficient (Wildman–Crippen LogP) is -1.04. The van der Waals surface area contributed by atoms with Gasteiger partial charge in [0.2, 0.25) is 17.7 Å².